The van der Waals surface area contributed by atoms with Gasteiger partial charge in [-0.2, -0.15) is 0 Å². The van der Waals surface area contributed by atoms with Gasteiger partial charge in [-0.3, -0.25) is 9.79 Å². The van der Waals surface area contributed by atoms with Gasteiger partial charge in [-0.1, -0.05) is 0 Å². The molecule has 1 unspecified atom stereocenters. The van der Waals surface area contributed by atoms with Crippen LogP contribution in [0.4, 0.5) is 0 Å². The highest BCUT2D eigenvalue weighted by Gasteiger charge is 2.29. The second kappa shape index (κ2) is 8.36. The molecular weight excluding hydrogens is 280 g/mol. The van der Waals surface area contributed by atoms with Gasteiger partial charge in [0, 0.05) is 39.2 Å². The lowest BCUT2D eigenvalue weighted by atomic mass is 10.0. The van der Waals surface area contributed by atoms with Crippen LogP contribution in [0.15, 0.2) is 4.99 Å². The third-order valence-corrected chi connectivity index (χ3v) is 4.31. The van der Waals surface area contributed by atoms with E-state index in [0.717, 1.165) is 57.9 Å². The molecule has 6 heteroatoms. The number of hydrogen-bond acceptors (Lipinski definition) is 3. The average molecular weight is 310 g/mol. The van der Waals surface area contributed by atoms with Crippen molar-refractivity contribution in [1.82, 2.24) is 15.5 Å². The van der Waals surface area contributed by atoms with E-state index in [2.05, 4.69) is 22.5 Å². The number of guanidine groups is 1. The summed E-state index contributed by atoms with van der Waals surface area (Å²) in [6, 6.07) is 0. The first-order valence-corrected chi connectivity index (χ1v) is 8.57. The van der Waals surface area contributed by atoms with Gasteiger partial charge in [-0.05, 0) is 39.5 Å². The Bertz CT molecular complexity index is 386. The topological polar surface area (TPSA) is 66.0 Å². The molecule has 2 N–H and O–H groups in total. The normalized spacial score (nSPS) is 25.5. The zero-order valence-corrected chi connectivity index (χ0v) is 14.0. The highest BCUT2D eigenvalue weighted by atomic mass is 16.5. The minimum atomic E-state index is -0.131. The molecule has 2 aliphatic heterocycles. The van der Waals surface area contributed by atoms with Crippen LogP contribution in [-0.4, -0.2) is 61.7 Å². The number of amides is 1. The van der Waals surface area contributed by atoms with E-state index in [1.807, 2.05) is 11.8 Å². The summed E-state index contributed by atoms with van der Waals surface area (Å²) < 4.78 is 5.76. The zero-order chi connectivity index (χ0) is 15.8. The molecule has 2 heterocycles. The van der Waals surface area contributed by atoms with Crippen molar-refractivity contribution < 1.29 is 9.53 Å². The summed E-state index contributed by atoms with van der Waals surface area (Å²) in [5, 5.41) is 6.48. The Morgan fingerprint density at radius 3 is 2.68 bits per heavy atom. The molecule has 2 rings (SSSR count). The molecule has 1 amide bonds. The van der Waals surface area contributed by atoms with E-state index < -0.39 is 0 Å². The van der Waals surface area contributed by atoms with Crippen LogP contribution >= 0.6 is 0 Å². The second-order valence-corrected chi connectivity index (χ2v) is 6.36. The molecular formula is C16H30N4O2. The van der Waals surface area contributed by atoms with Crippen molar-refractivity contribution in [2.75, 3.05) is 39.3 Å². The van der Waals surface area contributed by atoms with Crippen LogP contribution < -0.4 is 10.6 Å². The number of hydrogen-bond donors (Lipinski definition) is 2. The predicted molar refractivity (Wildman–Crippen MR) is 88.0 cm³/mol. The molecule has 126 valence electrons. The van der Waals surface area contributed by atoms with E-state index in [-0.39, 0.29) is 11.5 Å². The lowest BCUT2D eigenvalue weighted by molar-refractivity contribution is -0.129. The highest BCUT2D eigenvalue weighted by Crippen LogP contribution is 2.24. The van der Waals surface area contributed by atoms with Crippen LogP contribution in [0.2, 0.25) is 0 Å². The molecule has 2 fully saturated rings. The first-order valence-electron chi connectivity index (χ1n) is 8.57. The predicted octanol–water partition coefficient (Wildman–Crippen LogP) is 1.12. The number of rotatable bonds is 6. The van der Waals surface area contributed by atoms with Crippen molar-refractivity contribution in [3.05, 3.63) is 0 Å². The van der Waals surface area contributed by atoms with E-state index in [1.54, 1.807) is 0 Å². The van der Waals surface area contributed by atoms with Gasteiger partial charge in [-0.15, -0.1) is 0 Å². The van der Waals surface area contributed by atoms with Crippen molar-refractivity contribution in [3.63, 3.8) is 0 Å². The summed E-state index contributed by atoms with van der Waals surface area (Å²) in [6.07, 6.45) is 4.98. The number of likely N-dealkylation sites (tertiary alicyclic amines) is 1. The third kappa shape index (κ3) is 5.16. The maximum atomic E-state index is 12.0. The summed E-state index contributed by atoms with van der Waals surface area (Å²) in [4.78, 5) is 18.6. The number of carbonyl (C=O) groups excluding carboxylic acids is 1. The molecule has 0 aromatic carbocycles. The van der Waals surface area contributed by atoms with Gasteiger partial charge in [0.1, 0.15) is 0 Å². The van der Waals surface area contributed by atoms with Gasteiger partial charge < -0.3 is 20.3 Å². The minimum absolute atomic E-state index is 0.131. The Kier molecular flexibility index (Phi) is 6.49. The Morgan fingerprint density at radius 2 is 2.05 bits per heavy atom. The SMILES string of the molecule is CCNC(=NCC1(C)CCCO1)NCCC(=O)N1CCCC1. The number of nitrogens with one attached hydrogen (secondary N) is 2. The Morgan fingerprint density at radius 1 is 1.27 bits per heavy atom. The second-order valence-electron chi connectivity index (χ2n) is 6.36. The Hall–Kier alpha value is -1.30. The van der Waals surface area contributed by atoms with Crippen LogP contribution in [0.3, 0.4) is 0 Å². The number of ether oxygens (including phenoxy) is 1. The average Bonchev–Trinajstić information content (AvgIpc) is 3.16. The molecule has 0 aromatic heterocycles. The standard InChI is InChI=1S/C16H30N4O2/c1-3-17-15(19-13-16(2)8-6-12-22-16)18-9-7-14(21)20-10-4-5-11-20/h3-13H2,1-2H3,(H2,17,18,19). The van der Waals surface area contributed by atoms with Crippen LogP contribution in [0.5, 0.6) is 0 Å². The van der Waals surface area contributed by atoms with Crippen molar-refractivity contribution in [1.29, 1.82) is 0 Å². The molecule has 0 aromatic rings. The smallest absolute Gasteiger partial charge is 0.224 e. The van der Waals surface area contributed by atoms with Crippen LogP contribution in [0, 0.1) is 0 Å². The van der Waals surface area contributed by atoms with Crippen LogP contribution in [0.25, 0.3) is 0 Å². The van der Waals surface area contributed by atoms with E-state index in [4.69, 9.17) is 4.74 Å². The van der Waals surface area contributed by atoms with Gasteiger partial charge in [0.15, 0.2) is 5.96 Å². The minimum Gasteiger partial charge on any atom is -0.373 e. The van der Waals surface area contributed by atoms with Crippen molar-refractivity contribution in [3.8, 4) is 0 Å². The summed E-state index contributed by atoms with van der Waals surface area (Å²) >= 11 is 0. The summed E-state index contributed by atoms with van der Waals surface area (Å²) in [5.74, 6) is 1.01. The maximum Gasteiger partial charge on any atom is 0.224 e. The zero-order valence-electron chi connectivity index (χ0n) is 14.0. The fourth-order valence-corrected chi connectivity index (χ4v) is 2.96. The lowest BCUT2D eigenvalue weighted by Gasteiger charge is -2.21. The molecule has 0 saturated carbocycles. The van der Waals surface area contributed by atoms with E-state index in [0.29, 0.717) is 19.5 Å². The molecule has 2 saturated heterocycles. The molecule has 0 aliphatic carbocycles. The number of nitrogens with zero attached hydrogens (tertiary/aromatic N) is 2. The van der Waals surface area contributed by atoms with Gasteiger partial charge in [0.2, 0.25) is 5.91 Å². The summed E-state index contributed by atoms with van der Waals surface area (Å²) in [6.45, 7) is 8.92. The largest absolute Gasteiger partial charge is 0.373 e. The first kappa shape index (κ1) is 17.1. The van der Waals surface area contributed by atoms with Crippen LogP contribution in [0.1, 0.15) is 46.0 Å². The van der Waals surface area contributed by atoms with E-state index in [9.17, 15) is 4.79 Å². The highest BCUT2D eigenvalue weighted by molar-refractivity contribution is 5.81. The van der Waals surface area contributed by atoms with Crippen LogP contribution in [-0.2, 0) is 9.53 Å². The first-order chi connectivity index (χ1) is 10.6. The molecule has 22 heavy (non-hydrogen) atoms. The molecule has 0 bridgehead atoms. The molecule has 0 radical (unpaired) electrons. The van der Waals surface area contributed by atoms with E-state index in [1.165, 1.54) is 0 Å². The van der Waals surface area contributed by atoms with Gasteiger partial charge in [-0.25, -0.2) is 0 Å². The Balaban J connectivity index is 1.74. The fraction of sp³-hybridized carbons (Fsp3) is 0.875. The molecule has 1 atom stereocenters. The summed E-state index contributed by atoms with van der Waals surface area (Å²) in [5.41, 5.74) is -0.131. The van der Waals surface area contributed by atoms with Gasteiger partial charge >= 0.3 is 0 Å². The fourth-order valence-electron chi connectivity index (χ4n) is 2.96. The monoisotopic (exact) mass is 310 g/mol. The molecule has 2 aliphatic rings. The van der Waals surface area contributed by atoms with Gasteiger partial charge in [0.25, 0.3) is 0 Å². The quantitative estimate of drug-likeness (QED) is 0.570. The van der Waals surface area contributed by atoms with Crippen molar-refractivity contribution in [2.24, 2.45) is 4.99 Å². The summed E-state index contributed by atoms with van der Waals surface area (Å²) in [7, 11) is 0. The lowest BCUT2D eigenvalue weighted by Crippen LogP contribution is -2.41. The third-order valence-electron chi connectivity index (χ3n) is 4.31. The number of carbonyl (C=O) groups is 1. The molecule has 6 nitrogen and oxygen atoms in total. The van der Waals surface area contributed by atoms with Gasteiger partial charge in [0.05, 0.1) is 12.1 Å². The van der Waals surface area contributed by atoms with Crippen molar-refractivity contribution in [2.45, 2.75) is 51.6 Å². The Labute approximate surface area is 133 Å². The van der Waals surface area contributed by atoms with E-state index >= 15 is 0 Å². The molecule has 0 spiro atoms. The maximum absolute atomic E-state index is 12.0. The van der Waals surface area contributed by atoms with Crippen molar-refractivity contribution >= 4 is 11.9 Å². The number of aliphatic imine (C=N–C) groups is 1.